The van der Waals surface area contributed by atoms with Crippen LogP contribution >= 0.6 is 0 Å². The molecule has 3 rings (SSSR count). The number of rotatable bonds is 5. The molecule has 118 valence electrons. The van der Waals surface area contributed by atoms with Crippen LogP contribution in [0.25, 0.3) is 0 Å². The van der Waals surface area contributed by atoms with Crippen LogP contribution in [-0.2, 0) is 16.9 Å². The van der Waals surface area contributed by atoms with Gasteiger partial charge in [0.1, 0.15) is 5.60 Å². The van der Waals surface area contributed by atoms with E-state index in [1.54, 1.807) is 7.11 Å². The van der Waals surface area contributed by atoms with Crippen molar-refractivity contribution in [1.29, 1.82) is 0 Å². The SMILES string of the molecule is COC1(c2noc(CNC3CCCC3)n2)CCCC(C)C1. The summed E-state index contributed by atoms with van der Waals surface area (Å²) in [7, 11) is 1.77. The molecule has 1 aromatic rings. The number of nitrogens with zero attached hydrogens (tertiary/aromatic N) is 2. The van der Waals surface area contributed by atoms with E-state index in [-0.39, 0.29) is 5.60 Å². The fraction of sp³-hybridized carbons (Fsp3) is 0.875. The first-order valence-corrected chi connectivity index (χ1v) is 8.33. The fourth-order valence-electron chi connectivity index (χ4n) is 3.86. The molecule has 0 saturated heterocycles. The number of aromatic nitrogens is 2. The van der Waals surface area contributed by atoms with Gasteiger partial charge < -0.3 is 14.6 Å². The molecule has 2 atom stereocenters. The predicted molar refractivity (Wildman–Crippen MR) is 79.7 cm³/mol. The summed E-state index contributed by atoms with van der Waals surface area (Å²) in [5.41, 5.74) is -0.341. The van der Waals surface area contributed by atoms with Crippen molar-refractivity contribution in [2.24, 2.45) is 5.92 Å². The van der Waals surface area contributed by atoms with Crippen molar-refractivity contribution in [3.8, 4) is 0 Å². The van der Waals surface area contributed by atoms with Crippen molar-refractivity contribution >= 4 is 0 Å². The van der Waals surface area contributed by atoms with Crippen molar-refractivity contribution in [2.75, 3.05) is 7.11 Å². The van der Waals surface area contributed by atoms with Gasteiger partial charge in [-0.3, -0.25) is 0 Å². The molecule has 2 unspecified atom stereocenters. The highest BCUT2D eigenvalue weighted by atomic mass is 16.5. The molecule has 2 fully saturated rings. The molecule has 2 aliphatic carbocycles. The number of methoxy groups -OCH3 is 1. The van der Waals surface area contributed by atoms with E-state index in [0.717, 1.165) is 18.7 Å². The first-order valence-electron chi connectivity index (χ1n) is 8.33. The third-order valence-corrected chi connectivity index (χ3v) is 5.12. The Labute approximate surface area is 126 Å². The van der Waals surface area contributed by atoms with E-state index < -0.39 is 0 Å². The summed E-state index contributed by atoms with van der Waals surface area (Å²) < 4.78 is 11.3. The standard InChI is InChI=1S/C16H27N3O2/c1-12-6-5-9-16(10-12,20-2)15-18-14(21-19-15)11-17-13-7-3-4-8-13/h12-13,17H,3-11H2,1-2H3. The molecular formula is C16H27N3O2. The van der Waals surface area contributed by atoms with Crippen LogP contribution in [0.5, 0.6) is 0 Å². The quantitative estimate of drug-likeness (QED) is 0.903. The minimum Gasteiger partial charge on any atom is -0.370 e. The highest BCUT2D eigenvalue weighted by Gasteiger charge is 2.40. The Morgan fingerprint density at radius 3 is 2.81 bits per heavy atom. The van der Waals surface area contributed by atoms with E-state index in [1.807, 2.05) is 0 Å². The molecule has 0 aromatic carbocycles. The first-order chi connectivity index (χ1) is 10.2. The van der Waals surface area contributed by atoms with Crippen LogP contribution in [0, 0.1) is 5.92 Å². The average Bonchev–Trinajstić information content (AvgIpc) is 3.16. The Morgan fingerprint density at radius 2 is 2.10 bits per heavy atom. The molecule has 0 radical (unpaired) electrons. The van der Waals surface area contributed by atoms with Gasteiger partial charge in [-0.1, -0.05) is 31.3 Å². The topological polar surface area (TPSA) is 60.2 Å². The zero-order valence-corrected chi connectivity index (χ0v) is 13.2. The summed E-state index contributed by atoms with van der Waals surface area (Å²) in [5.74, 6) is 2.07. The zero-order valence-electron chi connectivity index (χ0n) is 13.2. The second kappa shape index (κ2) is 6.44. The number of nitrogens with one attached hydrogen (secondary N) is 1. The highest BCUT2D eigenvalue weighted by molar-refractivity contribution is 5.04. The largest absolute Gasteiger partial charge is 0.370 e. The lowest BCUT2D eigenvalue weighted by atomic mass is 9.78. The molecule has 0 spiro atoms. The van der Waals surface area contributed by atoms with Crippen molar-refractivity contribution in [2.45, 2.75) is 76.5 Å². The van der Waals surface area contributed by atoms with E-state index in [1.165, 1.54) is 38.5 Å². The van der Waals surface area contributed by atoms with Gasteiger partial charge in [-0.15, -0.1) is 0 Å². The molecule has 2 saturated carbocycles. The number of ether oxygens (including phenoxy) is 1. The summed E-state index contributed by atoms with van der Waals surface area (Å²) >= 11 is 0. The van der Waals surface area contributed by atoms with E-state index in [0.29, 0.717) is 24.4 Å². The van der Waals surface area contributed by atoms with Gasteiger partial charge in [-0.05, 0) is 38.0 Å². The molecule has 5 heteroatoms. The second-order valence-corrected chi connectivity index (χ2v) is 6.77. The zero-order chi connectivity index (χ0) is 14.7. The monoisotopic (exact) mass is 293 g/mol. The highest BCUT2D eigenvalue weighted by Crippen LogP contribution is 2.41. The lowest BCUT2D eigenvalue weighted by Crippen LogP contribution is -2.35. The lowest BCUT2D eigenvalue weighted by Gasteiger charge is -2.36. The second-order valence-electron chi connectivity index (χ2n) is 6.77. The third-order valence-electron chi connectivity index (χ3n) is 5.12. The van der Waals surface area contributed by atoms with Crippen LogP contribution in [0.3, 0.4) is 0 Å². The van der Waals surface area contributed by atoms with Crippen LogP contribution in [0.2, 0.25) is 0 Å². The van der Waals surface area contributed by atoms with Crippen LogP contribution < -0.4 is 5.32 Å². The predicted octanol–water partition coefficient (Wildman–Crippen LogP) is 3.15. The van der Waals surface area contributed by atoms with Crippen LogP contribution in [0.15, 0.2) is 4.52 Å². The van der Waals surface area contributed by atoms with E-state index >= 15 is 0 Å². The Hall–Kier alpha value is -0.940. The summed E-state index contributed by atoms with van der Waals surface area (Å²) in [6.07, 6.45) is 9.59. The summed E-state index contributed by atoms with van der Waals surface area (Å²) in [6.45, 7) is 2.95. The molecule has 2 aliphatic rings. The van der Waals surface area contributed by atoms with Gasteiger partial charge in [0.2, 0.25) is 11.7 Å². The molecule has 21 heavy (non-hydrogen) atoms. The van der Waals surface area contributed by atoms with Gasteiger partial charge in [-0.2, -0.15) is 4.98 Å². The first kappa shape index (κ1) is 15.0. The smallest absolute Gasteiger partial charge is 0.240 e. The molecule has 0 aliphatic heterocycles. The van der Waals surface area contributed by atoms with Crippen molar-refractivity contribution < 1.29 is 9.26 Å². The minimum absolute atomic E-state index is 0.341. The molecule has 1 heterocycles. The van der Waals surface area contributed by atoms with Gasteiger partial charge in [0.15, 0.2) is 0 Å². The van der Waals surface area contributed by atoms with Gasteiger partial charge in [0, 0.05) is 13.2 Å². The molecule has 0 amide bonds. The Balaban J connectivity index is 1.64. The summed E-state index contributed by atoms with van der Waals surface area (Å²) in [4.78, 5) is 4.61. The van der Waals surface area contributed by atoms with Crippen LogP contribution in [-0.4, -0.2) is 23.3 Å². The molecule has 5 nitrogen and oxygen atoms in total. The van der Waals surface area contributed by atoms with Gasteiger partial charge in [0.25, 0.3) is 0 Å². The molecular weight excluding hydrogens is 266 g/mol. The fourth-order valence-corrected chi connectivity index (χ4v) is 3.86. The number of hydrogen-bond donors (Lipinski definition) is 1. The maximum atomic E-state index is 5.82. The Bertz CT molecular complexity index is 456. The van der Waals surface area contributed by atoms with Crippen LogP contribution in [0.4, 0.5) is 0 Å². The maximum Gasteiger partial charge on any atom is 0.240 e. The van der Waals surface area contributed by atoms with Gasteiger partial charge in [0.05, 0.1) is 6.54 Å². The van der Waals surface area contributed by atoms with Gasteiger partial charge >= 0.3 is 0 Å². The van der Waals surface area contributed by atoms with Gasteiger partial charge in [-0.25, -0.2) is 0 Å². The summed E-state index contributed by atoms with van der Waals surface area (Å²) in [5, 5.41) is 7.73. The van der Waals surface area contributed by atoms with Crippen molar-refractivity contribution in [1.82, 2.24) is 15.5 Å². The van der Waals surface area contributed by atoms with E-state index in [2.05, 4.69) is 22.4 Å². The van der Waals surface area contributed by atoms with Crippen molar-refractivity contribution in [3.05, 3.63) is 11.7 Å². The third kappa shape index (κ3) is 3.29. The van der Waals surface area contributed by atoms with E-state index in [9.17, 15) is 0 Å². The summed E-state index contributed by atoms with van der Waals surface area (Å²) in [6, 6.07) is 0.617. The Morgan fingerprint density at radius 1 is 1.29 bits per heavy atom. The Kier molecular flexibility index (Phi) is 4.60. The molecule has 1 N–H and O–H groups in total. The normalized spacial score (nSPS) is 30.9. The average molecular weight is 293 g/mol. The minimum atomic E-state index is -0.341. The molecule has 1 aromatic heterocycles. The van der Waals surface area contributed by atoms with Crippen LogP contribution in [0.1, 0.15) is 70.0 Å². The maximum absolute atomic E-state index is 5.82. The lowest BCUT2D eigenvalue weighted by molar-refractivity contribution is -0.0658. The van der Waals surface area contributed by atoms with E-state index in [4.69, 9.17) is 9.26 Å². The van der Waals surface area contributed by atoms with Crippen molar-refractivity contribution in [3.63, 3.8) is 0 Å². The number of hydrogen-bond acceptors (Lipinski definition) is 5. The molecule has 0 bridgehead atoms.